The average Bonchev–Trinajstić information content (AvgIpc) is 2.83. The van der Waals surface area contributed by atoms with Crippen LogP contribution in [0.25, 0.3) is 5.69 Å². The molecule has 0 amide bonds. The Balaban J connectivity index is 1.90. The molecular formula is C14H16N2O. The second-order valence-electron chi connectivity index (χ2n) is 4.79. The molecule has 1 aromatic heterocycles. The fraction of sp³-hybridized carbons (Fsp3) is 0.357. The van der Waals surface area contributed by atoms with Gasteiger partial charge in [0.2, 0.25) is 0 Å². The number of aromatic nitrogens is 2. The van der Waals surface area contributed by atoms with Crippen LogP contribution in [0.4, 0.5) is 0 Å². The minimum atomic E-state index is 0.0304. The Bertz CT molecular complexity index is 478. The fourth-order valence-corrected chi connectivity index (χ4v) is 2.53. The number of aliphatic hydroxyl groups is 1. The summed E-state index contributed by atoms with van der Waals surface area (Å²) in [6.07, 6.45) is 7.13. The second kappa shape index (κ2) is 4.00. The number of hydrogen-bond acceptors (Lipinski definition) is 2. The SMILES string of the molecule is OCC1(c2ccc(-n3cccn3)cc2)CCC1. The minimum Gasteiger partial charge on any atom is -0.395 e. The van der Waals surface area contributed by atoms with Crippen molar-refractivity contribution in [1.82, 2.24) is 9.78 Å². The van der Waals surface area contributed by atoms with Gasteiger partial charge in [0, 0.05) is 17.8 Å². The highest BCUT2D eigenvalue weighted by molar-refractivity contribution is 5.38. The molecular weight excluding hydrogens is 212 g/mol. The van der Waals surface area contributed by atoms with E-state index in [0.29, 0.717) is 0 Å². The molecule has 1 aliphatic rings. The molecule has 1 aliphatic carbocycles. The summed E-state index contributed by atoms with van der Waals surface area (Å²) in [7, 11) is 0. The first-order valence-corrected chi connectivity index (χ1v) is 6.05. The van der Waals surface area contributed by atoms with Crippen molar-refractivity contribution in [1.29, 1.82) is 0 Å². The summed E-state index contributed by atoms with van der Waals surface area (Å²) in [5.74, 6) is 0. The van der Waals surface area contributed by atoms with Gasteiger partial charge in [-0.25, -0.2) is 4.68 Å². The van der Waals surface area contributed by atoms with Crippen molar-refractivity contribution >= 4 is 0 Å². The molecule has 3 nitrogen and oxygen atoms in total. The van der Waals surface area contributed by atoms with Crippen molar-refractivity contribution in [2.45, 2.75) is 24.7 Å². The summed E-state index contributed by atoms with van der Waals surface area (Å²) in [5.41, 5.74) is 2.34. The predicted molar refractivity (Wildman–Crippen MR) is 66.2 cm³/mol. The Morgan fingerprint density at radius 2 is 2.00 bits per heavy atom. The molecule has 0 bridgehead atoms. The van der Waals surface area contributed by atoms with Crippen molar-refractivity contribution in [2.75, 3.05) is 6.61 Å². The Morgan fingerprint density at radius 3 is 2.47 bits per heavy atom. The van der Waals surface area contributed by atoms with Crippen molar-refractivity contribution in [2.24, 2.45) is 0 Å². The summed E-state index contributed by atoms with van der Waals surface area (Å²) < 4.78 is 1.84. The summed E-state index contributed by atoms with van der Waals surface area (Å²) in [4.78, 5) is 0. The fourth-order valence-electron chi connectivity index (χ4n) is 2.53. The zero-order valence-corrected chi connectivity index (χ0v) is 9.71. The molecule has 17 heavy (non-hydrogen) atoms. The lowest BCUT2D eigenvalue weighted by molar-refractivity contribution is 0.120. The van der Waals surface area contributed by atoms with Crippen LogP contribution in [-0.4, -0.2) is 21.5 Å². The largest absolute Gasteiger partial charge is 0.395 e. The highest BCUT2D eigenvalue weighted by atomic mass is 16.3. The lowest BCUT2D eigenvalue weighted by atomic mass is 9.65. The van der Waals surface area contributed by atoms with Crippen LogP contribution in [0.3, 0.4) is 0 Å². The molecule has 1 heterocycles. The maximum absolute atomic E-state index is 9.53. The van der Waals surface area contributed by atoms with Gasteiger partial charge in [-0.05, 0) is 36.6 Å². The number of hydrogen-bond donors (Lipinski definition) is 1. The molecule has 0 spiro atoms. The highest BCUT2D eigenvalue weighted by Crippen LogP contribution is 2.43. The lowest BCUT2D eigenvalue weighted by Crippen LogP contribution is -2.37. The maximum Gasteiger partial charge on any atom is 0.0645 e. The van der Waals surface area contributed by atoms with Crippen molar-refractivity contribution in [3.05, 3.63) is 48.3 Å². The van der Waals surface area contributed by atoms with E-state index in [4.69, 9.17) is 0 Å². The summed E-state index contributed by atoms with van der Waals surface area (Å²) in [6, 6.07) is 10.3. The van der Waals surface area contributed by atoms with Crippen LogP contribution < -0.4 is 0 Å². The van der Waals surface area contributed by atoms with E-state index < -0.39 is 0 Å². The quantitative estimate of drug-likeness (QED) is 0.875. The predicted octanol–water partition coefficient (Wildman–Crippen LogP) is 2.29. The van der Waals surface area contributed by atoms with Gasteiger partial charge in [0.1, 0.15) is 0 Å². The van der Waals surface area contributed by atoms with Gasteiger partial charge in [0.15, 0.2) is 0 Å². The number of benzene rings is 1. The Kier molecular flexibility index (Phi) is 2.48. The van der Waals surface area contributed by atoms with Gasteiger partial charge in [-0.3, -0.25) is 0 Å². The summed E-state index contributed by atoms with van der Waals surface area (Å²) in [6.45, 7) is 0.258. The third-order valence-corrected chi connectivity index (χ3v) is 3.86. The Morgan fingerprint density at radius 1 is 1.24 bits per heavy atom. The summed E-state index contributed by atoms with van der Waals surface area (Å²) >= 11 is 0. The molecule has 2 aromatic rings. The molecule has 1 fully saturated rings. The van der Waals surface area contributed by atoms with E-state index in [1.165, 1.54) is 12.0 Å². The van der Waals surface area contributed by atoms with Gasteiger partial charge in [-0.15, -0.1) is 0 Å². The number of nitrogens with zero attached hydrogens (tertiary/aromatic N) is 2. The minimum absolute atomic E-state index is 0.0304. The first-order valence-electron chi connectivity index (χ1n) is 6.05. The van der Waals surface area contributed by atoms with Crippen LogP contribution in [0.15, 0.2) is 42.7 Å². The normalized spacial score (nSPS) is 17.7. The molecule has 0 saturated heterocycles. The van der Waals surface area contributed by atoms with Crippen molar-refractivity contribution in [3.63, 3.8) is 0 Å². The Labute approximate surface area is 101 Å². The van der Waals surface area contributed by atoms with Crippen LogP contribution in [0, 0.1) is 0 Å². The molecule has 0 radical (unpaired) electrons. The first-order chi connectivity index (χ1) is 8.34. The molecule has 0 aliphatic heterocycles. The van der Waals surface area contributed by atoms with E-state index in [0.717, 1.165) is 18.5 Å². The van der Waals surface area contributed by atoms with Gasteiger partial charge in [0.05, 0.1) is 12.3 Å². The third-order valence-electron chi connectivity index (χ3n) is 3.86. The Hall–Kier alpha value is -1.61. The van der Waals surface area contributed by atoms with Gasteiger partial charge in [-0.1, -0.05) is 18.6 Å². The maximum atomic E-state index is 9.53. The van der Waals surface area contributed by atoms with Crippen LogP contribution in [-0.2, 0) is 5.41 Å². The van der Waals surface area contributed by atoms with Crippen molar-refractivity contribution in [3.8, 4) is 5.69 Å². The topological polar surface area (TPSA) is 38.0 Å². The van der Waals surface area contributed by atoms with Crippen LogP contribution in [0.5, 0.6) is 0 Å². The van der Waals surface area contributed by atoms with E-state index in [2.05, 4.69) is 29.4 Å². The van der Waals surface area contributed by atoms with Crippen LogP contribution in [0.2, 0.25) is 0 Å². The van der Waals surface area contributed by atoms with E-state index in [9.17, 15) is 5.11 Å². The van der Waals surface area contributed by atoms with Crippen LogP contribution >= 0.6 is 0 Å². The zero-order chi connectivity index (χ0) is 11.7. The molecule has 3 heteroatoms. The molecule has 1 aromatic carbocycles. The van der Waals surface area contributed by atoms with Gasteiger partial charge < -0.3 is 5.11 Å². The van der Waals surface area contributed by atoms with E-state index in [-0.39, 0.29) is 12.0 Å². The monoisotopic (exact) mass is 228 g/mol. The zero-order valence-electron chi connectivity index (χ0n) is 9.71. The molecule has 3 rings (SSSR count). The van der Waals surface area contributed by atoms with E-state index in [1.54, 1.807) is 6.20 Å². The second-order valence-corrected chi connectivity index (χ2v) is 4.79. The smallest absolute Gasteiger partial charge is 0.0645 e. The van der Waals surface area contributed by atoms with Gasteiger partial charge >= 0.3 is 0 Å². The third kappa shape index (κ3) is 1.67. The van der Waals surface area contributed by atoms with Gasteiger partial charge in [0.25, 0.3) is 0 Å². The molecule has 0 unspecified atom stereocenters. The number of aliphatic hydroxyl groups excluding tert-OH is 1. The molecule has 0 atom stereocenters. The molecule has 1 saturated carbocycles. The average molecular weight is 228 g/mol. The first kappa shape index (κ1) is 10.5. The lowest BCUT2D eigenvalue weighted by Gasteiger charge is -2.40. The highest BCUT2D eigenvalue weighted by Gasteiger charge is 2.37. The van der Waals surface area contributed by atoms with E-state index >= 15 is 0 Å². The molecule has 1 N–H and O–H groups in total. The van der Waals surface area contributed by atoms with Crippen LogP contribution in [0.1, 0.15) is 24.8 Å². The van der Waals surface area contributed by atoms with E-state index in [1.807, 2.05) is 16.9 Å². The van der Waals surface area contributed by atoms with Crippen molar-refractivity contribution < 1.29 is 5.11 Å². The molecule has 88 valence electrons. The number of rotatable bonds is 3. The standard InChI is InChI=1S/C14H16N2O/c17-11-14(7-1-8-14)12-3-5-13(6-4-12)16-10-2-9-15-16/h2-6,9-10,17H,1,7-8,11H2. The summed E-state index contributed by atoms with van der Waals surface area (Å²) in [5, 5.41) is 13.7. The van der Waals surface area contributed by atoms with Gasteiger partial charge in [-0.2, -0.15) is 5.10 Å².